The summed E-state index contributed by atoms with van der Waals surface area (Å²) in [6.45, 7) is 0.192. The first-order valence-corrected chi connectivity index (χ1v) is 9.92. The molecule has 2 atom stereocenters. The zero-order valence-electron chi connectivity index (χ0n) is 15.6. The molecule has 29 heavy (non-hydrogen) atoms. The van der Waals surface area contributed by atoms with E-state index in [0.717, 1.165) is 5.56 Å². The number of amides is 2. The van der Waals surface area contributed by atoms with Gasteiger partial charge in [-0.2, -0.15) is 0 Å². The summed E-state index contributed by atoms with van der Waals surface area (Å²) < 4.78 is 13.3. The minimum Gasteiger partial charge on any atom is -0.278 e. The highest BCUT2D eigenvalue weighted by Gasteiger charge is 2.61. The van der Waals surface area contributed by atoms with Crippen LogP contribution < -0.4 is 0 Å². The van der Waals surface area contributed by atoms with Crippen LogP contribution in [0.2, 0.25) is 0 Å². The minimum atomic E-state index is -0.363. The number of likely N-dealkylation sites (tertiary alicyclic amines) is 1. The van der Waals surface area contributed by atoms with Gasteiger partial charge in [-0.1, -0.05) is 60.7 Å². The van der Waals surface area contributed by atoms with Crippen LogP contribution in [0, 0.1) is 17.7 Å². The first kappa shape index (κ1) is 16.7. The van der Waals surface area contributed by atoms with Crippen molar-refractivity contribution >= 4 is 11.8 Å². The van der Waals surface area contributed by atoms with Gasteiger partial charge < -0.3 is 0 Å². The molecule has 1 heterocycles. The second-order valence-electron chi connectivity index (χ2n) is 8.15. The quantitative estimate of drug-likeness (QED) is 0.622. The molecule has 2 bridgehead atoms. The summed E-state index contributed by atoms with van der Waals surface area (Å²) in [6.07, 6.45) is 0. The molecule has 0 saturated carbocycles. The third kappa shape index (κ3) is 2.17. The summed E-state index contributed by atoms with van der Waals surface area (Å²) in [4.78, 5) is 28.3. The van der Waals surface area contributed by atoms with Crippen molar-refractivity contribution in [2.45, 2.75) is 18.4 Å². The predicted molar refractivity (Wildman–Crippen MR) is 106 cm³/mol. The Morgan fingerprint density at radius 1 is 0.655 bits per heavy atom. The molecule has 0 aromatic heterocycles. The zero-order valence-corrected chi connectivity index (χ0v) is 15.6. The summed E-state index contributed by atoms with van der Waals surface area (Å²) in [5.41, 5.74) is 5.43. The molecule has 3 aromatic carbocycles. The van der Waals surface area contributed by atoms with Gasteiger partial charge in [-0.05, 0) is 39.9 Å². The van der Waals surface area contributed by atoms with Crippen LogP contribution in [-0.2, 0) is 16.1 Å². The summed E-state index contributed by atoms with van der Waals surface area (Å²) in [7, 11) is 0. The van der Waals surface area contributed by atoms with Crippen LogP contribution in [0.3, 0.4) is 0 Å². The molecule has 0 spiro atoms. The Balaban J connectivity index is 1.47. The lowest BCUT2D eigenvalue weighted by atomic mass is 9.55. The molecular formula is C25H18FNO2. The number of halogens is 1. The molecule has 142 valence electrons. The van der Waals surface area contributed by atoms with E-state index in [1.807, 2.05) is 24.3 Å². The maximum atomic E-state index is 13.5. The maximum absolute atomic E-state index is 13.5. The Hall–Kier alpha value is -3.27. The van der Waals surface area contributed by atoms with E-state index in [1.54, 1.807) is 12.1 Å². The number of carbonyl (C=O) groups excluding carboxylic acids is 2. The molecule has 2 amide bonds. The highest BCUT2D eigenvalue weighted by atomic mass is 19.1. The largest absolute Gasteiger partial charge is 0.278 e. The second-order valence-corrected chi connectivity index (χ2v) is 8.15. The number of carbonyl (C=O) groups is 2. The smallest absolute Gasteiger partial charge is 0.234 e. The predicted octanol–water partition coefficient (Wildman–Crippen LogP) is 4.22. The molecule has 1 unspecified atom stereocenters. The first-order valence-electron chi connectivity index (χ1n) is 9.92. The molecule has 1 aliphatic heterocycles. The Bertz CT molecular complexity index is 1050. The van der Waals surface area contributed by atoms with Crippen molar-refractivity contribution in [1.82, 2.24) is 4.90 Å². The van der Waals surface area contributed by atoms with Gasteiger partial charge in [0.1, 0.15) is 5.82 Å². The molecule has 3 aliphatic carbocycles. The van der Waals surface area contributed by atoms with E-state index >= 15 is 0 Å². The lowest BCUT2D eigenvalue weighted by Gasteiger charge is -2.45. The van der Waals surface area contributed by atoms with E-state index in [-0.39, 0.29) is 47.8 Å². The van der Waals surface area contributed by atoms with Crippen LogP contribution in [0.1, 0.15) is 39.7 Å². The summed E-state index contributed by atoms with van der Waals surface area (Å²) >= 11 is 0. The molecule has 0 radical (unpaired) electrons. The SMILES string of the molecule is O=C1C2C3c4ccccc4C(c4ccccc43)[C@@H]2C(=O)N1Cc1ccc(F)cc1. The third-order valence-electron chi connectivity index (χ3n) is 6.79. The minimum absolute atomic E-state index is 0.0907. The van der Waals surface area contributed by atoms with Crippen molar-refractivity contribution in [3.63, 3.8) is 0 Å². The topological polar surface area (TPSA) is 37.4 Å². The van der Waals surface area contributed by atoms with Gasteiger partial charge in [0.2, 0.25) is 11.8 Å². The van der Waals surface area contributed by atoms with Crippen molar-refractivity contribution in [3.05, 3.63) is 106 Å². The Morgan fingerprint density at radius 3 is 1.48 bits per heavy atom. The standard InChI is InChI=1S/C25H18FNO2/c26-15-11-9-14(10-12-15)13-27-24(28)22-20-16-5-1-2-6-17(16)21(23(22)25(27)29)19-8-4-3-7-18(19)20/h1-12,20-23H,13H2/t20?,21?,22-,23?/m0/s1. The van der Waals surface area contributed by atoms with Crippen LogP contribution in [0.4, 0.5) is 4.39 Å². The van der Waals surface area contributed by atoms with Gasteiger partial charge in [-0.15, -0.1) is 0 Å². The van der Waals surface area contributed by atoms with Crippen molar-refractivity contribution < 1.29 is 14.0 Å². The van der Waals surface area contributed by atoms with Crippen LogP contribution >= 0.6 is 0 Å². The number of nitrogens with zero attached hydrogens (tertiary/aromatic N) is 1. The van der Waals surface area contributed by atoms with E-state index in [9.17, 15) is 14.0 Å². The molecular weight excluding hydrogens is 365 g/mol. The number of imide groups is 1. The Labute approximate surface area is 167 Å². The average Bonchev–Trinajstić information content (AvgIpc) is 3.01. The van der Waals surface area contributed by atoms with Crippen molar-refractivity contribution in [2.24, 2.45) is 11.8 Å². The molecule has 7 rings (SSSR count). The van der Waals surface area contributed by atoms with E-state index in [4.69, 9.17) is 0 Å². The monoisotopic (exact) mass is 383 g/mol. The number of benzene rings is 3. The maximum Gasteiger partial charge on any atom is 0.234 e. The second kappa shape index (κ2) is 5.86. The molecule has 4 aliphatic rings. The van der Waals surface area contributed by atoms with E-state index < -0.39 is 0 Å². The van der Waals surface area contributed by atoms with Crippen molar-refractivity contribution in [3.8, 4) is 0 Å². The van der Waals surface area contributed by atoms with E-state index in [1.165, 1.54) is 39.3 Å². The number of hydrogen-bond acceptors (Lipinski definition) is 2. The summed E-state index contributed by atoms with van der Waals surface area (Å²) in [5, 5.41) is 0. The van der Waals surface area contributed by atoms with Crippen LogP contribution in [-0.4, -0.2) is 16.7 Å². The first-order chi connectivity index (χ1) is 14.1. The van der Waals surface area contributed by atoms with Gasteiger partial charge in [0.15, 0.2) is 0 Å². The summed E-state index contributed by atoms with van der Waals surface area (Å²) in [6, 6.07) is 22.4. The Kier molecular flexibility index (Phi) is 3.37. The normalized spacial score (nSPS) is 26.3. The summed E-state index contributed by atoms with van der Waals surface area (Å²) in [5.74, 6) is -1.45. The molecule has 3 aromatic rings. The molecule has 3 nitrogen and oxygen atoms in total. The lowest BCUT2D eigenvalue weighted by Crippen LogP contribution is -2.41. The fourth-order valence-corrected chi connectivity index (χ4v) is 5.67. The van der Waals surface area contributed by atoms with Gasteiger partial charge in [0, 0.05) is 11.8 Å². The van der Waals surface area contributed by atoms with Gasteiger partial charge >= 0.3 is 0 Å². The van der Waals surface area contributed by atoms with E-state index in [0.29, 0.717) is 0 Å². The number of rotatable bonds is 2. The van der Waals surface area contributed by atoms with Crippen molar-refractivity contribution in [2.75, 3.05) is 0 Å². The fourth-order valence-electron chi connectivity index (χ4n) is 5.67. The van der Waals surface area contributed by atoms with Crippen LogP contribution in [0.5, 0.6) is 0 Å². The third-order valence-corrected chi connectivity index (χ3v) is 6.79. The van der Waals surface area contributed by atoms with Gasteiger partial charge in [-0.3, -0.25) is 14.5 Å². The van der Waals surface area contributed by atoms with Crippen LogP contribution in [0.25, 0.3) is 0 Å². The average molecular weight is 383 g/mol. The van der Waals surface area contributed by atoms with Gasteiger partial charge in [0.05, 0.1) is 18.4 Å². The van der Waals surface area contributed by atoms with E-state index in [2.05, 4.69) is 24.3 Å². The van der Waals surface area contributed by atoms with Gasteiger partial charge in [0.25, 0.3) is 0 Å². The molecule has 4 heteroatoms. The zero-order chi connectivity index (χ0) is 19.7. The Morgan fingerprint density at radius 2 is 1.07 bits per heavy atom. The fraction of sp³-hybridized carbons (Fsp3) is 0.200. The van der Waals surface area contributed by atoms with Crippen LogP contribution in [0.15, 0.2) is 72.8 Å². The highest BCUT2D eigenvalue weighted by molar-refractivity contribution is 6.07. The molecule has 1 saturated heterocycles. The lowest BCUT2D eigenvalue weighted by molar-refractivity contribution is -0.140. The molecule has 0 N–H and O–H groups in total. The van der Waals surface area contributed by atoms with Crippen molar-refractivity contribution in [1.29, 1.82) is 0 Å². The van der Waals surface area contributed by atoms with Gasteiger partial charge in [-0.25, -0.2) is 4.39 Å². The highest BCUT2D eigenvalue weighted by Crippen LogP contribution is 2.61. The number of hydrogen-bond donors (Lipinski definition) is 0. The molecule has 1 fully saturated rings.